The van der Waals surface area contributed by atoms with Gasteiger partial charge in [0.1, 0.15) is 36.2 Å². The number of amides is 1. The standard InChI is InChI=1S/C48H60N2O9/c1-6-25-56-48-43(50(5)46(54)55-32-47(2,3)4)29-41(49-57-31-33-15-8-7-9-16-33)39-27-35(18-10-12-23-51)38(20-11-13-24-52)44(45(39)48)40-28-37(21-22-42(40)59-48)58-36-19-14-17-34(26-36)30-53/h6-9,14-17,19,21-22,26-28,30,35,38,43-45,51-52H,1,10-13,18,20,23-25,29,31-32H2,2-5H3/t35-,38+,43-,44+,45+,48+/m0/s1. The third kappa shape index (κ3) is 10.3. The Labute approximate surface area is 348 Å². The van der Waals surface area contributed by atoms with Crippen molar-refractivity contribution in [2.24, 2.45) is 28.3 Å². The van der Waals surface area contributed by atoms with Crippen molar-refractivity contribution in [2.75, 3.05) is 33.5 Å². The van der Waals surface area contributed by atoms with Crippen LogP contribution in [0.5, 0.6) is 17.2 Å². The highest BCUT2D eigenvalue weighted by Crippen LogP contribution is 2.62. The molecular weight excluding hydrogens is 749 g/mol. The van der Waals surface area contributed by atoms with E-state index in [1.165, 1.54) is 0 Å². The summed E-state index contributed by atoms with van der Waals surface area (Å²) in [5, 5.41) is 24.7. The maximum Gasteiger partial charge on any atom is 0.410 e. The number of nitrogens with zero attached hydrogens (tertiary/aromatic N) is 2. The van der Waals surface area contributed by atoms with Gasteiger partial charge in [0.05, 0.1) is 24.8 Å². The minimum atomic E-state index is -1.41. The van der Waals surface area contributed by atoms with Crippen LogP contribution >= 0.6 is 0 Å². The van der Waals surface area contributed by atoms with Crippen LogP contribution in [0.4, 0.5) is 4.79 Å². The smallest absolute Gasteiger partial charge is 0.410 e. The molecule has 59 heavy (non-hydrogen) atoms. The van der Waals surface area contributed by atoms with Crippen molar-refractivity contribution in [3.05, 3.63) is 114 Å². The number of aliphatic hydroxyl groups excluding tert-OH is 2. The van der Waals surface area contributed by atoms with E-state index in [9.17, 15) is 19.8 Å². The second-order valence-corrected chi connectivity index (χ2v) is 17.1. The van der Waals surface area contributed by atoms with Crippen molar-refractivity contribution in [1.82, 2.24) is 4.90 Å². The van der Waals surface area contributed by atoms with Gasteiger partial charge in [-0.25, -0.2) is 4.79 Å². The van der Waals surface area contributed by atoms with E-state index < -0.39 is 23.8 Å². The molecule has 11 heteroatoms. The second-order valence-electron chi connectivity index (χ2n) is 17.1. The first kappa shape index (κ1) is 43.6. The number of hydrogen-bond donors (Lipinski definition) is 2. The number of aldehydes is 1. The number of carbonyl (C=O) groups is 2. The first-order chi connectivity index (χ1) is 28.5. The average Bonchev–Trinajstić information content (AvgIpc) is 3.23. The molecule has 3 aromatic carbocycles. The summed E-state index contributed by atoms with van der Waals surface area (Å²) in [4.78, 5) is 33.4. The van der Waals surface area contributed by atoms with Gasteiger partial charge in [-0.2, -0.15) is 0 Å². The largest absolute Gasteiger partial charge is 0.459 e. The van der Waals surface area contributed by atoms with Gasteiger partial charge in [-0.1, -0.05) is 93.4 Å². The number of oxime groups is 1. The number of fused-ring (bicyclic) bond motifs is 2. The molecule has 0 unspecified atom stereocenters. The van der Waals surface area contributed by atoms with Crippen LogP contribution in [0, 0.1) is 23.2 Å². The number of ether oxygens (including phenoxy) is 4. The van der Waals surface area contributed by atoms with Crippen LogP contribution in [-0.2, 0) is 20.9 Å². The molecule has 0 aromatic heterocycles. The Morgan fingerprint density at radius 3 is 2.44 bits per heavy atom. The molecule has 316 valence electrons. The zero-order valence-corrected chi connectivity index (χ0v) is 34.9. The number of aliphatic hydroxyl groups is 2. The van der Waals surface area contributed by atoms with Crippen LogP contribution < -0.4 is 9.47 Å². The van der Waals surface area contributed by atoms with Crippen molar-refractivity contribution >= 4 is 18.1 Å². The van der Waals surface area contributed by atoms with Crippen LogP contribution in [0.2, 0.25) is 0 Å². The van der Waals surface area contributed by atoms with E-state index in [0.29, 0.717) is 41.4 Å². The lowest BCUT2D eigenvalue weighted by Gasteiger charge is -2.59. The third-order valence-corrected chi connectivity index (χ3v) is 11.5. The molecule has 0 saturated heterocycles. The average molecular weight is 809 g/mol. The lowest BCUT2D eigenvalue weighted by molar-refractivity contribution is -0.253. The summed E-state index contributed by atoms with van der Waals surface area (Å²) < 4.78 is 26.5. The fourth-order valence-corrected chi connectivity index (χ4v) is 8.84. The van der Waals surface area contributed by atoms with Crippen molar-refractivity contribution in [3.63, 3.8) is 0 Å². The van der Waals surface area contributed by atoms with Crippen molar-refractivity contribution in [2.45, 2.75) is 90.1 Å². The topological polar surface area (TPSA) is 136 Å². The summed E-state index contributed by atoms with van der Waals surface area (Å²) >= 11 is 0. The Morgan fingerprint density at radius 1 is 0.983 bits per heavy atom. The molecule has 1 amide bonds. The quantitative estimate of drug-likeness (QED) is 0.0526. The SMILES string of the molecule is C=CCO[C@@]12Oc3ccc(Oc4cccc(C=O)c4)cc3[C@H]3[C@H](CCCCO)[C@@H](CCCCO)C=C(C(=NOCc4ccccc4)C[C@@H]1N(C)C(=O)OCC(C)(C)C)[C@H]32. The van der Waals surface area contributed by atoms with E-state index in [1.807, 2.05) is 75.4 Å². The molecular formula is C48H60N2O9. The van der Waals surface area contributed by atoms with Gasteiger partial charge in [0, 0.05) is 43.7 Å². The fraction of sp³-hybridized carbons (Fsp3) is 0.479. The zero-order chi connectivity index (χ0) is 42.0. The van der Waals surface area contributed by atoms with E-state index in [4.69, 9.17) is 28.9 Å². The lowest BCUT2D eigenvalue weighted by Crippen LogP contribution is -2.69. The predicted molar refractivity (Wildman–Crippen MR) is 227 cm³/mol. The van der Waals surface area contributed by atoms with E-state index in [2.05, 4.69) is 12.7 Å². The van der Waals surface area contributed by atoms with Crippen LogP contribution in [0.25, 0.3) is 0 Å². The molecule has 2 N–H and O–H groups in total. The predicted octanol–water partition coefficient (Wildman–Crippen LogP) is 9.24. The number of unbranched alkanes of at least 4 members (excludes halogenated alkanes) is 2. The first-order valence-corrected chi connectivity index (χ1v) is 20.9. The Morgan fingerprint density at radius 2 is 1.73 bits per heavy atom. The van der Waals surface area contributed by atoms with Crippen molar-refractivity contribution < 1.29 is 43.6 Å². The lowest BCUT2D eigenvalue weighted by atomic mass is 9.55. The molecule has 1 saturated carbocycles. The van der Waals surface area contributed by atoms with Crippen molar-refractivity contribution in [3.8, 4) is 17.2 Å². The fourth-order valence-electron chi connectivity index (χ4n) is 8.84. The molecule has 3 aliphatic rings. The van der Waals surface area contributed by atoms with Crippen LogP contribution in [-0.4, -0.2) is 78.5 Å². The molecule has 3 aromatic rings. The summed E-state index contributed by atoms with van der Waals surface area (Å²) in [6.45, 7) is 10.8. The van der Waals surface area contributed by atoms with Gasteiger partial charge in [0.15, 0.2) is 0 Å². The van der Waals surface area contributed by atoms with Crippen LogP contribution in [0.1, 0.15) is 93.1 Å². The molecule has 1 aliphatic heterocycles. The molecule has 0 radical (unpaired) electrons. The monoisotopic (exact) mass is 808 g/mol. The number of benzene rings is 3. The number of carbonyl (C=O) groups excluding carboxylic acids is 2. The van der Waals surface area contributed by atoms with Gasteiger partial charge < -0.3 is 38.9 Å². The molecule has 11 nitrogen and oxygen atoms in total. The van der Waals surface area contributed by atoms with Gasteiger partial charge >= 0.3 is 6.09 Å². The van der Waals surface area contributed by atoms with Crippen molar-refractivity contribution in [1.29, 1.82) is 0 Å². The summed E-state index contributed by atoms with van der Waals surface area (Å²) in [7, 11) is 1.73. The van der Waals surface area contributed by atoms with E-state index >= 15 is 0 Å². The Hall–Kier alpha value is -4.97. The Kier molecular flexibility index (Phi) is 14.7. The second kappa shape index (κ2) is 19.9. The van der Waals surface area contributed by atoms with Gasteiger partial charge in [-0.3, -0.25) is 4.79 Å². The molecule has 1 heterocycles. The number of hydrogen-bond acceptors (Lipinski definition) is 10. The van der Waals surface area contributed by atoms with Gasteiger partial charge in [0.2, 0.25) is 5.79 Å². The number of rotatable bonds is 19. The van der Waals surface area contributed by atoms with E-state index in [1.54, 1.807) is 36.2 Å². The van der Waals surface area contributed by atoms with Gasteiger partial charge in [-0.15, -0.1) is 6.58 Å². The maximum absolute atomic E-state index is 14.1. The highest BCUT2D eigenvalue weighted by Gasteiger charge is 2.65. The van der Waals surface area contributed by atoms with Gasteiger partial charge in [-0.05, 0) is 84.4 Å². The van der Waals surface area contributed by atoms with Crippen LogP contribution in [0.15, 0.2) is 102 Å². The summed E-state index contributed by atoms with van der Waals surface area (Å²) in [5.74, 6) is -0.295. The van der Waals surface area contributed by atoms with E-state index in [-0.39, 0.29) is 62.6 Å². The van der Waals surface area contributed by atoms with Gasteiger partial charge in [0.25, 0.3) is 0 Å². The minimum Gasteiger partial charge on any atom is -0.459 e. The summed E-state index contributed by atoms with van der Waals surface area (Å²) in [6, 6.07) is 21.9. The molecule has 6 rings (SSSR count). The molecule has 2 aliphatic carbocycles. The van der Waals surface area contributed by atoms with Crippen LogP contribution in [0.3, 0.4) is 0 Å². The maximum atomic E-state index is 14.1. The molecule has 6 atom stereocenters. The number of likely N-dealkylation sites (N-methyl/N-ethyl adjacent to an activating group) is 1. The highest BCUT2D eigenvalue weighted by molar-refractivity contribution is 6.03. The zero-order valence-electron chi connectivity index (χ0n) is 34.9. The Balaban J connectivity index is 1.55. The normalized spacial score (nSPS) is 23.9. The summed E-state index contributed by atoms with van der Waals surface area (Å²) in [6.07, 6.45) is 9.09. The highest BCUT2D eigenvalue weighted by atomic mass is 16.7. The third-order valence-electron chi connectivity index (χ3n) is 11.5. The molecule has 1 fully saturated rings. The van der Waals surface area contributed by atoms with E-state index in [0.717, 1.165) is 48.7 Å². The number of allylic oxidation sites excluding steroid dienone is 1. The molecule has 0 bridgehead atoms. The summed E-state index contributed by atoms with van der Waals surface area (Å²) in [5.41, 5.74) is 3.77. The minimum absolute atomic E-state index is 0.0420. The Bertz CT molecular complexity index is 1960. The molecule has 0 spiro atoms. The first-order valence-electron chi connectivity index (χ1n) is 20.9.